The summed E-state index contributed by atoms with van der Waals surface area (Å²) in [5, 5.41) is 30.9. The van der Waals surface area contributed by atoms with Gasteiger partial charge in [0.25, 0.3) is 11.4 Å². The van der Waals surface area contributed by atoms with Gasteiger partial charge in [0.15, 0.2) is 5.78 Å². The number of carboxylic acid groups (broad SMARTS) is 1. The van der Waals surface area contributed by atoms with Crippen LogP contribution in [0.4, 0.5) is 11.4 Å². The van der Waals surface area contributed by atoms with Crippen molar-refractivity contribution in [2.75, 3.05) is 0 Å². The first-order chi connectivity index (χ1) is 11.7. The van der Waals surface area contributed by atoms with E-state index >= 15 is 0 Å². The van der Waals surface area contributed by atoms with Crippen molar-refractivity contribution < 1.29 is 24.5 Å². The fourth-order valence-corrected chi connectivity index (χ4v) is 2.20. The van der Waals surface area contributed by atoms with Gasteiger partial charge in [-0.2, -0.15) is 0 Å². The summed E-state index contributed by atoms with van der Waals surface area (Å²) in [6.07, 6.45) is 0. The summed E-state index contributed by atoms with van der Waals surface area (Å²) >= 11 is 0. The summed E-state index contributed by atoms with van der Waals surface area (Å²) in [6, 6.07) is 6.57. The Morgan fingerprint density at radius 2 is 1.52 bits per heavy atom. The summed E-state index contributed by atoms with van der Waals surface area (Å²) in [5.74, 6) is -2.18. The molecular weight excluding hydrogens is 334 g/mol. The van der Waals surface area contributed by atoms with E-state index in [0.29, 0.717) is 0 Å². The second-order valence-electron chi connectivity index (χ2n) is 4.98. The van der Waals surface area contributed by atoms with Crippen molar-refractivity contribution in [1.82, 2.24) is 0 Å². The Balaban J connectivity index is 2.61. The van der Waals surface area contributed by atoms with Gasteiger partial charge >= 0.3 is 5.97 Å². The van der Waals surface area contributed by atoms with Crippen molar-refractivity contribution in [1.29, 1.82) is 0 Å². The Hall–Kier alpha value is -3.66. The number of carboxylic acids is 1. The molecule has 2 aromatic carbocycles. The lowest BCUT2D eigenvalue weighted by Crippen LogP contribution is -2.23. The highest BCUT2D eigenvalue weighted by molar-refractivity contribution is 6.11. The Bertz CT molecular complexity index is 862. The van der Waals surface area contributed by atoms with E-state index in [0.717, 1.165) is 18.2 Å². The van der Waals surface area contributed by atoms with Crippen LogP contribution in [-0.4, -0.2) is 26.7 Å². The highest BCUT2D eigenvalue weighted by atomic mass is 16.6. The Morgan fingerprint density at radius 1 is 1.00 bits per heavy atom. The van der Waals surface area contributed by atoms with Crippen LogP contribution >= 0.6 is 0 Å². The smallest absolute Gasteiger partial charge is 0.325 e. The molecule has 0 spiro atoms. The standard InChI is InChI=1S/C15H11N3O7/c16-13(15(20)21)11-3-1-2-4-12(11)14(19)8-5-9(17(22)23)7-10(6-8)18(24)25/h1-7,13H,16H2,(H,20,21). The van der Waals surface area contributed by atoms with E-state index in [9.17, 15) is 29.8 Å². The molecule has 0 bridgehead atoms. The fraction of sp³-hybridized carbons (Fsp3) is 0.0667. The average molecular weight is 345 g/mol. The Labute approximate surface area is 139 Å². The lowest BCUT2D eigenvalue weighted by molar-refractivity contribution is -0.394. The van der Waals surface area contributed by atoms with Gasteiger partial charge in [-0.05, 0) is 5.56 Å². The zero-order valence-electron chi connectivity index (χ0n) is 12.5. The number of nitrogens with two attached hydrogens (primary N) is 1. The zero-order valence-corrected chi connectivity index (χ0v) is 12.5. The topological polar surface area (TPSA) is 167 Å². The predicted octanol–water partition coefficient (Wildman–Crippen LogP) is 1.82. The number of carbonyl (C=O) groups excluding carboxylic acids is 1. The maximum absolute atomic E-state index is 12.7. The molecule has 128 valence electrons. The second kappa shape index (κ2) is 6.84. The number of non-ortho nitro benzene ring substituents is 2. The molecule has 0 radical (unpaired) electrons. The molecule has 0 saturated carbocycles. The summed E-state index contributed by atoms with van der Waals surface area (Å²) in [6.45, 7) is 0. The van der Waals surface area contributed by atoms with Crippen LogP contribution < -0.4 is 5.73 Å². The molecule has 2 rings (SSSR count). The van der Waals surface area contributed by atoms with Crippen molar-refractivity contribution in [3.05, 3.63) is 79.4 Å². The third-order valence-electron chi connectivity index (χ3n) is 3.39. The lowest BCUT2D eigenvalue weighted by Gasteiger charge is -2.12. The first-order valence-electron chi connectivity index (χ1n) is 6.78. The first kappa shape index (κ1) is 17.7. The van der Waals surface area contributed by atoms with Crippen molar-refractivity contribution in [3.8, 4) is 0 Å². The van der Waals surface area contributed by atoms with E-state index in [2.05, 4.69) is 0 Å². The minimum absolute atomic E-state index is 0.00541. The van der Waals surface area contributed by atoms with Gasteiger partial charge in [0.1, 0.15) is 6.04 Å². The van der Waals surface area contributed by atoms with E-state index in [1.165, 1.54) is 24.3 Å². The molecule has 2 aromatic rings. The van der Waals surface area contributed by atoms with Crippen molar-refractivity contribution >= 4 is 23.1 Å². The van der Waals surface area contributed by atoms with E-state index < -0.39 is 39.0 Å². The third kappa shape index (κ3) is 3.64. The summed E-state index contributed by atoms with van der Waals surface area (Å²) < 4.78 is 0. The SMILES string of the molecule is NC(C(=O)O)c1ccccc1C(=O)c1cc([N+](=O)[O-])cc([N+](=O)[O-])c1. The van der Waals surface area contributed by atoms with Crippen LogP contribution in [0, 0.1) is 20.2 Å². The van der Waals surface area contributed by atoms with Gasteiger partial charge in [0, 0.05) is 23.3 Å². The first-order valence-corrected chi connectivity index (χ1v) is 6.78. The molecule has 0 aliphatic rings. The van der Waals surface area contributed by atoms with Crippen LogP contribution in [0.5, 0.6) is 0 Å². The van der Waals surface area contributed by atoms with Crippen LogP contribution in [0.1, 0.15) is 27.5 Å². The largest absolute Gasteiger partial charge is 0.480 e. The van der Waals surface area contributed by atoms with E-state index in [1.54, 1.807) is 0 Å². The van der Waals surface area contributed by atoms with Gasteiger partial charge in [-0.15, -0.1) is 0 Å². The van der Waals surface area contributed by atoms with E-state index in [1.807, 2.05) is 0 Å². The molecule has 25 heavy (non-hydrogen) atoms. The summed E-state index contributed by atoms with van der Waals surface area (Å²) in [5.41, 5.74) is 3.86. The zero-order chi connectivity index (χ0) is 18.7. The number of rotatable bonds is 6. The van der Waals surface area contributed by atoms with Crippen molar-refractivity contribution in [2.24, 2.45) is 5.73 Å². The molecule has 0 aromatic heterocycles. The third-order valence-corrected chi connectivity index (χ3v) is 3.39. The van der Waals surface area contributed by atoms with Crippen molar-refractivity contribution in [3.63, 3.8) is 0 Å². The molecule has 0 aliphatic carbocycles. The summed E-state index contributed by atoms with van der Waals surface area (Å²) in [7, 11) is 0. The number of nitro benzene ring substituents is 2. The fourth-order valence-electron chi connectivity index (χ4n) is 2.20. The van der Waals surface area contributed by atoms with Gasteiger partial charge in [-0.25, -0.2) is 0 Å². The van der Waals surface area contributed by atoms with E-state index in [-0.39, 0.29) is 16.7 Å². The van der Waals surface area contributed by atoms with Crippen LogP contribution in [0.3, 0.4) is 0 Å². The van der Waals surface area contributed by atoms with Crippen LogP contribution in [0.15, 0.2) is 42.5 Å². The Kier molecular flexibility index (Phi) is 4.84. The maximum atomic E-state index is 12.7. The number of ketones is 1. The van der Waals surface area contributed by atoms with Crippen LogP contribution in [0.2, 0.25) is 0 Å². The predicted molar refractivity (Wildman–Crippen MR) is 84.2 cm³/mol. The number of benzene rings is 2. The average Bonchev–Trinajstić information content (AvgIpc) is 2.59. The normalized spacial score (nSPS) is 11.6. The van der Waals surface area contributed by atoms with Gasteiger partial charge in [-0.1, -0.05) is 24.3 Å². The molecule has 0 heterocycles. The highest BCUT2D eigenvalue weighted by Crippen LogP contribution is 2.26. The molecular formula is C15H11N3O7. The molecule has 0 fully saturated rings. The number of carbonyl (C=O) groups is 2. The molecule has 0 amide bonds. The number of hydrogen-bond acceptors (Lipinski definition) is 7. The van der Waals surface area contributed by atoms with Gasteiger partial charge in [0.05, 0.1) is 15.9 Å². The monoisotopic (exact) mass is 345 g/mol. The minimum atomic E-state index is -1.49. The molecule has 10 heteroatoms. The number of nitro groups is 2. The number of hydrogen-bond donors (Lipinski definition) is 2. The molecule has 0 saturated heterocycles. The molecule has 1 atom stereocenters. The molecule has 10 nitrogen and oxygen atoms in total. The second-order valence-corrected chi connectivity index (χ2v) is 4.98. The molecule has 3 N–H and O–H groups in total. The molecule has 1 unspecified atom stereocenters. The lowest BCUT2D eigenvalue weighted by atomic mass is 9.94. The minimum Gasteiger partial charge on any atom is -0.480 e. The Morgan fingerprint density at radius 3 is 2.00 bits per heavy atom. The quantitative estimate of drug-likeness (QED) is 0.454. The van der Waals surface area contributed by atoms with Gasteiger partial charge < -0.3 is 10.8 Å². The highest BCUT2D eigenvalue weighted by Gasteiger charge is 2.25. The van der Waals surface area contributed by atoms with Crippen molar-refractivity contribution in [2.45, 2.75) is 6.04 Å². The summed E-state index contributed by atoms with van der Waals surface area (Å²) in [4.78, 5) is 43.9. The number of nitrogens with zero attached hydrogens (tertiary/aromatic N) is 2. The maximum Gasteiger partial charge on any atom is 0.325 e. The number of aliphatic carboxylic acids is 1. The van der Waals surface area contributed by atoms with Gasteiger partial charge in [0.2, 0.25) is 0 Å². The molecule has 0 aliphatic heterocycles. The van der Waals surface area contributed by atoms with Crippen LogP contribution in [0.25, 0.3) is 0 Å². The van der Waals surface area contributed by atoms with Crippen LogP contribution in [-0.2, 0) is 4.79 Å². The van der Waals surface area contributed by atoms with Gasteiger partial charge in [-0.3, -0.25) is 29.8 Å². The van der Waals surface area contributed by atoms with E-state index in [4.69, 9.17) is 10.8 Å².